The van der Waals surface area contributed by atoms with Crippen LogP contribution in [0.3, 0.4) is 0 Å². The predicted octanol–water partition coefficient (Wildman–Crippen LogP) is 1.96. The highest BCUT2D eigenvalue weighted by molar-refractivity contribution is 7.90. The first-order valence-electron chi connectivity index (χ1n) is 5.98. The Bertz CT molecular complexity index is 348. The molecule has 0 aromatic heterocycles. The zero-order chi connectivity index (χ0) is 12.6. The highest BCUT2D eigenvalue weighted by Crippen LogP contribution is 2.44. The molecular weight excluding hydrogens is 222 g/mol. The molecule has 0 aromatic rings. The number of rotatable bonds is 3. The maximum atomic E-state index is 11.2. The topological polar surface area (TPSA) is 60.2 Å². The van der Waals surface area contributed by atoms with Gasteiger partial charge in [0.2, 0.25) is 0 Å². The van der Waals surface area contributed by atoms with Crippen LogP contribution in [0.2, 0.25) is 0 Å². The average molecular weight is 247 g/mol. The van der Waals surface area contributed by atoms with Crippen molar-refractivity contribution in [2.45, 2.75) is 52.0 Å². The molecular formula is C12H25NO2S. The van der Waals surface area contributed by atoms with Crippen LogP contribution < -0.4 is 5.73 Å². The van der Waals surface area contributed by atoms with Gasteiger partial charge in [-0.25, -0.2) is 8.42 Å². The maximum absolute atomic E-state index is 11.2. The molecule has 4 heteroatoms. The molecule has 2 atom stereocenters. The smallest absolute Gasteiger partial charge is 0.147 e. The molecule has 1 fully saturated rings. The van der Waals surface area contributed by atoms with E-state index in [9.17, 15) is 8.42 Å². The summed E-state index contributed by atoms with van der Waals surface area (Å²) < 4.78 is 22.4. The van der Waals surface area contributed by atoms with E-state index in [0.717, 1.165) is 12.8 Å². The molecule has 1 rings (SSSR count). The third-order valence-corrected chi connectivity index (χ3v) is 4.40. The van der Waals surface area contributed by atoms with E-state index in [0.29, 0.717) is 12.3 Å². The predicted molar refractivity (Wildman–Crippen MR) is 68.0 cm³/mol. The van der Waals surface area contributed by atoms with Crippen molar-refractivity contribution in [3.05, 3.63) is 0 Å². The fourth-order valence-corrected chi connectivity index (χ4v) is 4.16. The summed E-state index contributed by atoms with van der Waals surface area (Å²) in [4.78, 5) is 0. The monoisotopic (exact) mass is 247 g/mol. The summed E-state index contributed by atoms with van der Waals surface area (Å²) in [5, 5.41) is 0. The van der Waals surface area contributed by atoms with Crippen LogP contribution in [0.5, 0.6) is 0 Å². The van der Waals surface area contributed by atoms with Gasteiger partial charge in [-0.1, -0.05) is 20.8 Å². The largest absolute Gasteiger partial charge is 0.325 e. The molecule has 96 valence electrons. The van der Waals surface area contributed by atoms with Crippen molar-refractivity contribution in [3.8, 4) is 0 Å². The Balaban J connectivity index is 2.69. The highest BCUT2D eigenvalue weighted by atomic mass is 32.2. The minimum absolute atomic E-state index is 0.215. The summed E-state index contributed by atoms with van der Waals surface area (Å²) in [6.45, 7) is 6.67. The minimum atomic E-state index is -2.90. The third-order valence-electron chi connectivity index (χ3n) is 3.46. The Hall–Kier alpha value is -0.0900. The van der Waals surface area contributed by atoms with Gasteiger partial charge in [-0.05, 0) is 37.0 Å². The van der Waals surface area contributed by atoms with Crippen molar-refractivity contribution in [2.24, 2.45) is 17.1 Å². The van der Waals surface area contributed by atoms with Crippen molar-refractivity contribution in [2.75, 3.05) is 12.0 Å². The number of sulfone groups is 1. The quantitative estimate of drug-likeness (QED) is 0.829. The maximum Gasteiger partial charge on any atom is 0.147 e. The minimum Gasteiger partial charge on any atom is -0.325 e. The number of hydrogen-bond donors (Lipinski definition) is 1. The molecule has 2 N–H and O–H groups in total. The lowest BCUT2D eigenvalue weighted by Crippen LogP contribution is -2.50. The number of hydrogen-bond acceptors (Lipinski definition) is 3. The first-order valence-corrected chi connectivity index (χ1v) is 8.04. The van der Waals surface area contributed by atoms with Crippen LogP contribution in [0.1, 0.15) is 46.5 Å². The third kappa shape index (κ3) is 4.42. The van der Waals surface area contributed by atoms with Crippen molar-refractivity contribution in [1.82, 2.24) is 0 Å². The van der Waals surface area contributed by atoms with E-state index in [1.807, 2.05) is 0 Å². The molecule has 16 heavy (non-hydrogen) atoms. The zero-order valence-corrected chi connectivity index (χ0v) is 11.7. The second-order valence-corrected chi connectivity index (χ2v) is 8.86. The summed E-state index contributed by atoms with van der Waals surface area (Å²) in [6, 6.07) is 0. The van der Waals surface area contributed by atoms with E-state index in [2.05, 4.69) is 20.8 Å². The van der Waals surface area contributed by atoms with E-state index in [1.54, 1.807) is 0 Å². The van der Waals surface area contributed by atoms with Crippen molar-refractivity contribution in [3.63, 3.8) is 0 Å². The second kappa shape index (κ2) is 4.30. The lowest BCUT2D eigenvalue weighted by Gasteiger charge is -2.45. The first-order chi connectivity index (χ1) is 7.02. The first kappa shape index (κ1) is 14.0. The zero-order valence-electron chi connectivity index (χ0n) is 10.9. The number of nitrogens with two attached hydrogens (primary N) is 1. The Morgan fingerprint density at radius 1 is 1.31 bits per heavy atom. The molecule has 2 unspecified atom stereocenters. The molecule has 0 bridgehead atoms. The molecule has 0 radical (unpaired) electrons. The molecule has 1 saturated carbocycles. The lowest BCUT2D eigenvalue weighted by atomic mass is 9.64. The van der Waals surface area contributed by atoms with E-state index in [-0.39, 0.29) is 16.7 Å². The second-order valence-electron chi connectivity index (χ2n) is 6.60. The van der Waals surface area contributed by atoms with Gasteiger partial charge in [-0.3, -0.25) is 0 Å². The Labute approximate surface area is 99.7 Å². The molecule has 0 amide bonds. The van der Waals surface area contributed by atoms with Crippen LogP contribution in [0.4, 0.5) is 0 Å². The van der Waals surface area contributed by atoms with Gasteiger partial charge in [0.1, 0.15) is 9.84 Å². The van der Waals surface area contributed by atoms with Crippen molar-refractivity contribution < 1.29 is 8.42 Å². The van der Waals surface area contributed by atoms with Crippen LogP contribution in [-0.4, -0.2) is 26.0 Å². The lowest BCUT2D eigenvalue weighted by molar-refractivity contribution is 0.106. The summed E-state index contributed by atoms with van der Waals surface area (Å²) in [7, 11) is -2.90. The Kier molecular flexibility index (Phi) is 3.75. The van der Waals surface area contributed by atoms with Crippen molar-refractivity contribution in [1.29, 1.82) is 0 Å². The van der Waals surface area contributed by atoms with Crippen molar-refractivity contribution >= 4 is 9.84 Å². The van der Waals surface area contributed by atoms with Gasteiger partial charge in [0.15, 0.2) is 0 Å². The molecule has 1 aliphatic carbocycles. The molecule has 0 aliphatic heterocycles. The fraction of sp³-hybridized carbons (Fsp3) is 1.00. The van der Waals surface area contributed by atoms with Gasteiger partial charge in [-0.2, -0.15) is 0 Å². The standard InChI is InChI=1S/C12H25NO2S/c1-10-7-11(2,3)9-12(13,8-10)5-6-16(4,14)15/h10H,5-9,13H2,1-4H3. The van der Waals surface area contributed by atoms with Crippen LogP contribution in [-0.2, 0) is 9.84 Å². The van der Waals surface area contributed by atoms with Crippen LogP contribution in [0.25, 0.3) is 0 Å². The molecule has 1 aliphatic rings. The van der Waals surface area contributed by atoms with Gasteiger partial charge in [0.05, 0.1) is 5.75 Å². The highest BCUT2D eigenvalue weighted by Gasteiger charge is 2.40. The van der Waals surface area contributed by atoms with E-state index in [1.165, 1.54) is 12.7 Å². The molecule has 0 aromatic carbocycles. The SMILES string of the molecule is CC1CC(C)(C)CC(N)(CCS(C)(=O)=O)C1. The molecule has 0 spiro atoms. The van der Waals surface area contributed by atoms with E-state index >= 15 is 0 Å². The van der Waals surface area contributed by atoms with Gasteiger partial charge >= 0.3 is 0 Å². The summed E-state index contributed by atoms with van der Waals surface area (Å²) in [6.07, 6.45) is 4.95. The summed E-state index contributed by atoms with van der Waals surface area (Å²) >= 11 is 0. The summed E-state index contributed by atoms with van der Waals surface area (Å²) in [5.41, 5.74) is 6.32. The van der Waals surface area contributed by atoms with E-state index in [4.69, 9.17) is 5.73 Å². The Morgan fingerprint density at radius 3 is 2.31 bits per heavy atom. The van der Waals surface area contributed by atoms with E-state index < -0.39 is 9.84 Å². The molecule has 0 heterocycles. The average Bonchev–Trinajstić information content (AvgIpc) is 1.94. The van der Waals surface area contributed by atoms with Gasteiger partial charge in [0.25, 0.3) is 0 Å². The van der Waals surface area contributed by atoms with Crippen LogP contribution in [0, 0.1) is 11.3 Å². The Morgan fingerprint density at radius 2 is 1.88 bits per heavy atom. The fourth-order valence-electron chi connectivity index (χ4n) is 3.39. The van der Waals surface area contributed by atoms with Gasteiger partial charge in [0, 0.05) is 11.8 Å². The van der Waals surface area contributed by atoms with Gasteiger partial charge < -0.3 is 5.73 Å². The van der Waals surface area contributed by atoms with Crippen LogP contribution in [0.15, 0.2) is 0 Å². The molecule has 3 nitrogen and oxygen atoms in total. The van der Waals surface area contributed by atoms with Crippen LogP contribution >= 0.6 is 0 Å². The molecule has 0 saturated heterocycles. The summed E-state index contributed by atoms with van der Waals surface area (Å²) in [5.74, 6) is 0.806. The normalized spacial score (nSPS) is 34.9. The van der Waals surface area contributed by atoms with Gasteiger partial charge in [-0.15, -0.1) is 0 Å².